The molecule has 0 spiro atoms. The number of aryl methyl sites for hydroxylation is 1. The summed E-state index contributed by atoms with van der Waals surface area (Å²) in [6.45, 7) is 3.94. The maximum atomic E-state index is 12.6. The van der Waals surface area contributed by atoms with Crippen LogP contribution < -0.4 is 16.0 Å². The van der Waals surface area contributed by atoms with E-state index in [0.717, 1.165) is 24.8 Å². The lowest BCUT2D eigenvalue weighted by molar-refractivity contribution is -0.117. The predicted molar refractivity (Wildman–Crippen MR) is 112 cm³/mol. The fourth-order valence-corrected chi connectivity index (χ4v) is 3.22. The van der Waals surface area contributed by atoms with E-state index in [4.69, 9.17) is 0 Å². The number of amides is 3. The van der Waals surface area contributed by atoms with Crippen LogP contribution in [0.4, 0.5) is 11.4 Å². The zero-order valence-corrected chi connectivity index (χ0v) is 16.6. The van der Waals surface area contributed by atoms with Crippen molar-refractivity contribution in [3.8, 4) is 0 Å². The van der Waals surface area contributed by atoms with Crippen LogP contribution in [0.25, 0.3) is 0 Å². The summed E-state index contributed by atoms with van der Waals surface area (Å²) in [5.41, 5.74) is 3.18. The molecule has 4 rings (SSSR count). The topological polar surface area (TPSA) is 87.3 Å². The number of benzene rings is 2. The van der Waals surface area contributed by atoms with E-state index in [1.165, 1.54) is 0 Å². The largest absolute Gasteiger partial charge is 0.349 e. The zero-order chi connectivity index (χ0) is 20.5. The Balaban J connectivity index is 1.40. The predicted octanol–water partition coefficient (Wildman–Crippen LogP) is 3.73. The average molecular weight is 391 g/mol. The average Bonchev–Trinajstić information content (AvgIpc) is 3.62. The summed E-state index contributed by atoms with van der Waals surface area (Å²) >= 11 is 0. The molecule has 6 heteroatoms. The molecule has 3 amide bonds. The van der Waals surface area contributed by atoms with Crippen molar-refractivity contribution < 1.29 is 14.4 Å². The van der Waals surface area contributed by atoms with Crippen LogP contribution in [0, 0.1) is 18.8 Å². The molecule has 2 saturated carbocycles. The van der Waals surface area contributed by atoms with Crippen LogP contribution in [0.1, 0.15) is 52.5 Å². The van der Waals surface area contributed by atoms with Gasteiger partial charge < -0.3 is 16.0 Å². The van der Waals surface area contributed by atoms with Crippen molar-refractivity contribution in [2.75, 3.05) is 10.6 Å². The zero-order valence-electron chi connectivity index (χ0n) is 16.6. The highest BCUT2D eigenvalue weighted by Crippen LogP contribution is 2.38. The Labute approximate surface area is 170 Å². The van der Waals surface area contributed by atoms with Crippen LogP contribution in [0.2, 0.25) is 0 Å². The minimum atomic E-state index is -0.262. The van der Waals surface area contributed by atoms with Crippen molar-refractivity contribution in [3.05, 3.63) is 59.2 Å². The van der Waals surface area contributed by atoms with Gasteiger partial charge in [-0.05, 0) is 74.1 Å². The van der Waals surface area contributed by atoms with Gasteiger partial charge >= 0.3 is 0 Å². The molecule has 6 nitrogen and oxygen atoms in total. The SMILES string of the molecule is Cc1ccc(C(=O)NC2CC2)cc1NC(=O)c1ccc(NC(=O)C2CC2C)cc1. The van der Waals surface area contributed by atoms with Gasteiger partial charge in [-0.2, -0.15) is 0 Å². The minimum absolute atomic E-state index is 0.0339. The molecular weight excluding hydrogens is 366 g/mol. The van der Waals surface area contributed by atoms with Crippen molar-refractivity contribution in [1.82, 2.24) is 5.32 Å². The lowest BCUT2D eigenvalue weighted by Gasteiger charge is -2.11. The molecule has 2 unspecified atom stereocenters. The van der Waals surface area contributed by atoms with Crippen molar-refractivity contribution in [1.29, 1.82) is 0 Å². The molecule has 0 heterocycles. The van der Waals surface area contributed by atoms with Gasteiger partial charge in [0.1, 0.15) is 0 Å². The van der Waals surface area contributed by atoms with Gasteiger partial charge in [-0.1, -0.05) is 13.0 Å². The Kier molecular flexibility index (Phi) is 5.09. The summed E-state index contributed by atoms with van der Waals surface area (Å²) < 4.78 is 0. The lowest BCUT2D eigenvalue weighted by atomic mass is 10.1. The van der Waals surface area contributed by atoms with Crippen LogP contribution >= 0.6 is 0 Å². The van der Waals surface area contributed by atoms with Gasteiger partial charge in [0, 0.05) is 34.5 Å². The molecule has 0 aliphatic heterocycles. The third-order valence-electron chi connectivity index (χ3n) is 5.52. The number of hydrogen-bond acceptors (Lipinski definition) is 3. The summed E-state index contributed by atoms with van der Waals surface area (Å²) in [5, 5.41) is 8.72. The molecule has 29 heavy (non-hydrogen) atoms. The van der Waals surface area contributed by atoms with Gasteiger partial charge in [-0.15, -0.1) is 0 Å². The Morgan fingerprint density at radius 2 is 1.55 bits per heavy atom. The van der Waals surface area contributed by atoms with E-state index in [-0.39, 0.29) is 29.7 Å². The van der Waals surface area contributed by atoms with Gasteiger partial charge in [-0.3, -0.25) is 14.4 Å². The van der Waals surface area contributed by atoms with E-state index in [2.05, 4.69) is 22.9 Å². The fourth-order valence-electron chi connectivity index (χ4n) is 3.22. The maximum absolute atomic E-state index is 12.6. The maximum Gasteiger partial charge on any atom is 0.255 e. The second-order valence-electron chi connectivity index (χ2n) is 8.12. The molecule has 0 bridgehead atoms. The number of rotatable bonds is 6. The first-order chi connectivity index (χ1) is 13.9. The van der Waals surface area contributed by atoms with Crippen LogP contribution in [-0.4, -0.2) is 23.8 Å². The summed E-state index contributed by atoms with van der Waals surface area (Å²) in [6.07, 6.45) is 2.98. The third-order valence-corrected chi connectivity index (χ3v) is 5.52. The van der Waals surface area contributed by atoms with Gasteiger partial charge in [0.2, 0.25) is 5.91 Å². The van der Waals surface area contributed by atoms with E-state index in [1.807, 2.05) is 13.0 Å². The number of hydrogen-bond donors (Lipinski definition) is 3. The molecule has 0 saturated heterocycles. The summed E-state index contributed by atoms with van der Waals surface area (Å²) in [4.78, 5) is 36.9. The number of carbonyl (C=O) groups excluding carboxylic acids is 3. The Hall–Kier alpha value is -3.15. The molecule has 0 aromatic heterocycles. The number of nitrogens with one attached hydrogen (secondary N) is 3. The van der Waals surface area contributed by atoms with Crippen molar-refractivity contribution in [3.63, 3.8) is 0 Å². The molecule has 2 fully saturated rings. The van der Waals surface area contributed by atoms with Gasteiger partial charge in [0.05, 0.1) is 0 Å². The quantitative estimate of drug-likeness (QED) is 0.701. The van der Waals surface area contributed by atoms with E-state index < -0.39 is 0 Å². The molecule has 0 radical (unpaired) electrons. The van der Waals surface area contributed by atoms with E-state index in [9.17, 15) is 14.4 Å². The molecule has 2 aromatic rings. The van der Waals surface area contributed by atoms with Crippen LogP contribution in [0.3, 0.4) is 0 Å². The molecule has 2 aliphatic carbocycles. The summed E-state index contributed by atoms with van der Waals surface area (Å²) in [7, 11) is 0. The number of carbonyl (C=O) groups is 3. The summed E-state index contributed by atoms with van der Waals surface area (Å²) in [6, 6.07) is 12.4. The Bertz CT molecular complexity index is 964. The molecule has 2 aliphatic rings. The van der Waals surface area contributed by atoms with Crippen LogP contribution in [0.5, 0.6) is 0 Å². The van der Waals surface area contributed by atoms with Gasteiger partial charge in [-0.25, -0.2) is 0 Å². The third kappa shape index (κ3) is 4.65. The smallest absolute Gasteiger partial charge is 0.255 e. The van der Waals surface area contributed by atoms with Crippen LogP contribution in [-0.2, 0) is 4.79 Å². The van der Waals surface area contributed by atoms with Crippen LogP contribution in [0.15, 0.2) is 42.5 Å². The standard InChI is InChI=1S/C23H25N3O3/c1-13-3-4-16(22(28)24-18-9-10-18)12-20(13)26-21(27)15-5-7-17(8-6-15)25-23(29)19-11-14(19)2/h3-8,12,14,18-19H,9-11H2,1-2H3,(H,24,28)(H,25,29)(H,26,27). The normalized spacial score (nSPS) is 19.9. The Morgan fingerprint density at radius 1 is 0.897 bits per heavy atom. The molecule has 2 aromatic carbocycles. The highest BCUT2D eigenvalue weighted by molar-refractivity contribution is 6.06. The Morgan fingerprint density at radius 3 is 2.17 bits per heavy atom. The first kappa shape index (κ1) is 19.2. The molecule has 150 valence electrons. The highest BCUT2D eigenvalue weighted by atomic mass is 16.2. The molecule has 3 N–H and O–H groups in total. The van der Waals surface area contributed by atoms with E-state index in [0.29, 0.717) is 28.4 Å². The van der Waals surface area contributed by atoms with Crippen molar-refractivity contribution in [2.24, 2.45) is 11.8 Å². The molecular formula is C23H25N3O3. The highest BCUT2D eigenvalue weighted by Gasteiger charge is 2.39. The molecule has 2 atom stereocenters. The van der Waals surface area contributed by atoms with Crippen molar-refractivity contribution in [2.45, 2.75) is 39.2 Å². The number of anilines is 2. The van der Waals surface area contributed by atoms with Crippen molar-refractivity contribution >= 4 is 29.1 Å². The second kappa shape index (κ2) is 7.70. The second-order valence-corrected chi connectivity index (χ2v) is 8.12. The fraction of sp³-hybridized carbons (Fsp3) is 0.348. The minimum Gasteiger partial charge on any atom is -0.349 e. The van der Waals surface area contributed by atoms with Gasteiger partial charge in [0.15, 0.2) is 0 Å². The van der Waals surface area contributed by atoms with E-state index >= 15 is 0 Å². The summed E-state index contributed by atoms with van der Waals surface area (Å²) in [5.74, 6) is 0.206. The monoisotopic (exact) mass is 391 g/mol. The lowest BCUT2D eigenvalue weighted by Crippen LogP contribution is -2.25. The van der Waals surface area contributed by atoms with E-state index in [1.54, 1.807) is 36.4 Å². The van der Waals surface area contributed by atoms with Gasteiger partial charge in [0.25, 0.3) is 11.8 Å². The first-order valence-corrected chi connectivity index (χ1v) is 10.0. The first-order valence-electron chi connectivity index (χ1n) is 10.0.